The Hall–Kier alpha value is -1.29. The van der Waals surface area contributed by atoms with Crippen molar-refractivity contribution < 1.29 is 9.21 Å². The number of furan rings is 1. The van der Waals surface area contributed by atoms with Gasteiger partial charge in [-0.1, -0.05) is 6.42 Å². The van der Waals surface area contributed by atoms with Gasteiger partial charge in [0.15, 0.2) is 0 Å². The molecular weight excluding hydrogens is 252 g/mol. The zero-order valence-electron chi connectivity index (χ0n) is 12.0. The maximum absolute atomic E-state index is 11.8. The minimum absolute atomic E-state index is 0.0179. The first kappa shape index (κ1) is 13.7. The molecule has 4 nitrogen and oxygen atoms in total. The average molecular weight is 276 g/mol. The maximum atomic E-state index is 11.8. The van der Waals surface area contributed by atoms with Crippen LogP contribution in [0.5, 0.6) is 0 Å². The number of hydrogen-bond donors (Lipinski definition) is 1. The number of rotatable bonds is 5. The Bertz CT molecular complexity index is 418. The fourth-order valence-corrected chi connectivity index (χ4v) is 3.15. The Morgan fingerprint density at radius 3 is 2.65 bits per heavy atom. The van der Waals surface area contributed by atoms with Crippen LogP contribution < -0.4 is 5.32 Å². The molecule has 2 aliphatic rings. The van der Waals surface area contributed by atoms with Crippen LogP contribution in [-0.2, 0) is 0 Å². The van der Waals surface area contributed by atoms with Gasteiger partial charge in [0.1, 0.15) is 6.26 Å². The summed E-state index contributed by atoms with van der Waals surface area (Å²) in [4.78, 5) is 14.4. The summed E-state index contributed by atoms with van der Waals surface area (Å²) >= 11 is 0. The van der Waals surface area contributed by atoms with Crippen molar-refractivity contribution >= 4 is 5.91 Å². The molecule has 0 radical (unpaired) electrons. The Balaban J connectivity index is 1.35. The SMILES string of the molecule is O=C(NCC1CCN(CC2CCC2)CC1)c1ccoc1. The number of nitrogens with zero attached hydrogens (tertiary/aromatic N) is 1. The van der Waals surface area contributed by atoms with E-state index >= 15 is 0 Å². The molecule has 0 aromatic carbocycles. The second-order valence-corrected chi connectivity index (χ2v) is 6.26. The smallest absolute Gasteiger partial charge is 0.254 e. The van der Waals surface area contributed by atoms with E-state index in [1.54, 1.807) is 6.07 Å². The monoisotopic (exact) mass is 276 g/mol. The zero-order valence-corrected chi connectivity index (χ0v) is 12.0. The van der Waals surface area contributed by atoms with Gasteiger partial charge in [-0.15, -0.1) is 0 Å². The third-order valence-electron chi connectivity index (χ3n) is 4.78. The van der Waals surface area contributed by atoms with Crippen molar-refractivity contribution in [2.24, 2.45) is 11.8 Å². The van der Waals surface area contributed by atoms with Crippen LogP contribution in [0.15, 0.2) is 23.0 Å². The number of amides is 1. The minimum Gasteiger partial charge on any atom is -0.472 e. The van der Waals surface area contributed by atoms with Crippen molar-refractivity contribution in [2.75, 3.05) is 26.2 Å². The predicted octanol–water partition coefficient (Wildman–Crippen LogP) is 2.52. The number of hydrogen-bond acceptors (Lipinski definition) is 3. The number of nitrogens with one attached hydrogen (secondary N) is 1. The third kappa shape index (κ3) is 3.42. The van der Waals surface area contributed by atoms with Gasteiger partial charge in [-0.3, -0.25) is 4.79 Å². The van der Waals surface area contributed by atoms with Gasteiger partial charge in [-0.05, 0) is 56.7 Å². The molecule has 20 heavy (non-hydrogen) atoms. The lowest BCUT2D eigenvalue weighted by atomic mass is 9.84. The number of likely N-dealkylation sites (tertiary alicyclic amines) is 1. The van der Waals surface area contributed by atoms with Gasteiger partial charge in [-0.2, -0.15) is 0 Å². The Morgan fingerprint density at radius 1 is 1.25 bits per heavy atom. The van der Waals surface area contributed by atoms with Gasteiger partial charge in [0.25, 0.3) is 5.91 Å². The van der Waals surface area contributed by atoms with E-state index in [-0.39, 0.29) is 5.91 Å². The number of carbonyl (C=O) groups excluding carboxylic acids is 1. The van der Waals surface area contributed by atoms with E-state index in [9.17, 15) is 4.79 Å². The molecule has 1 amide bonds. The summed E-state index contributed by atoms with van der Waals surface area (Å²) in [6.45, 7) is 4.49. The molecule has 1 aromatic rings. The molecule has 110 valence electrons. The minimum atomic E-state index is -0.0179. The molecule has 0 unspecified atom stereocenters. The molecule has 2 fully saturated rings. The zero-order chi connectivity index (χ0) is 13.8. The lowest BCUT2D eigenvalue weighted by molar-refractivity contribution is 0.0926. The second-order valence-electron chi connectivity index (χ2n) is 6.26. The highest BCUT2D eigenvalue weighted by Crippen LogP contribution is 2.28. The second kappa shape index (κ2) is 6.44. The Kier molecular flexibility index (Phi) is 4.41. The molecule has 1 aliphatic heterocycles. The van der Waals surface area contributed by atoms with E-state index < -0.39 is 0 Å². The normalized spacial score (nSPS) is 21.6. The summed E-state index contributed by atoms with van der Waals surface area (Å²) in [7, 11) is 0. The fourth-order valence-electron chi connectivity index (χ4n) is 3.15. The van der Waals surface area contributed by atoms with Gasteiger partial charge < -0.3 is 14.6 Å². The van der Waals surface area contributed by atoms with Crippen LogP contribution in [0, 0.1) is 11.8 Å². The van der Waals surface area contributed by atoms with Gasteiger partial charge in [0, 0.05) is 13.1 Å². The highest BCUT2D eigenvalue weighted by molar-refractivity contribution is 5.93. The van der Waals surface area contributed by atoms with Crippen molar-refractivity contribution in [1.29, 1.82) is 0 Å². The first-order valence-electron chi connectivity index (χ1n) is 7.84. The van der Waals surface area contributed by atoms with Crippen LogP contribution in [0.4, 0.5) is 0 Å². The quantitative estimate of drug-likeness (QED) is 0.899. The van der Waals surface area contributed by atoms with E-state index in [1.807, 2.05) is 0 Å². The molecule has 1 N–H and O–H groups in total. The first-order valence-corrected chi connectivity index (χ1v) is 7.84. The van der Waals surface area contributed by atoms with E-state index in [0.29, 0.717) is 11.5 Å². The Morgan fingerprint density at radius 2 is 2.05 bits per heavy atom. The number of carbonyl (C=O) groups is 1. The van der Waals surface area contributed by atoms with Crippen molar-refractivity contribution in [2.45, 2.75) is 32.1 Å². The molecule has 2 heterocycles. The summed E-state index contributed by atoms with van der Waals surface area (Å²) < 4.78 is 4.93. The van der Waals surface area contributed by atoms with Crippen molar-refractivity contribution in [3.8, 4) is 0 Å². The van der Waals surface area contributed by atoms with Crippen molar-refractivity contribution in [3.05, 3.63) is 24.2 Å². The molecule has 1 aliphatic carbocycles. The van der Waals surface area contributed by atoms with E-state index in [0.717, 1.165) is 12.5 Å². The molecule has 1 saturated carbocycles. The molecule has 1 aromatic heterocycles. The molecule has 1 saturated heterocycles. The Labute approximate surface area is 120 Å². The lowest BCUT2D eigenvalue weighted by Gasteiger charge is -2.37. The standard InChI is InChI=1S/C16H24N2O2/c19-16(15-6-9-20-12-15)17-10-13-4-7-18(8-5-13)11-14-2-1-3-14/h6,9,12-14H,1-5,7-8,10-11H2,(H,17,19). The van der Waals surface area contributed by atoms with Gasteiger partial charge in [-0.25, -0.2) is 0 Å². The highest BCUT2D eigenvalue weighted by Gasteiger charge is 2.24. The number of piperidine rings is 1. The third-order valence-corrected chi connectivity index (χ3v) is 4.78. The largest absolute Gasteiger partial charge is 0.472 e. The average Bonchev–Trinajstić information content (AvgIpc) is 2.96. The van der Waals surface area contributed by atoms with Crippen LogP contribution in [0.25, 0.3) is 0 Å². The molecule has 0 spiro atoms. The fraction of sp³-hybridized carbons (Fsp3) is 0.688. The summed E-state index contributed by atoms with van der Waals surface area (Å²) in [5.74, 6) is 1.58. The molecule has 4 heteroatoms. The van der Waals surface area contributed by atoms with Crippen molar-refractivity contribution in [3.63, 3.8) is 0 Å². The van der Waals surface area contributed by atoms with Crippen molar-refractivity contribution in [1.82, 2.24) is 10.2 Å². The predicted molar refractivity (Wildman–Crippen MR) is 77.5 cm³/mol. The molecule has 3 rings (SSSR count). The van der Waals surface area contributed by atoms with E-state index in [1.165, 1.54) is 64.3 Å². The van der Waals surface area contributed by atoms with Gasteiger partial charge in [0.2, 0.25) is 0 Å². The molecule has 0 bridgehead atoms. The summed E-state index contributed by atoms with van der Waals surface area (Å²) in [6.07, 6.45) is 9.74. The van der Waals surface area contributed by atoms with E-state index in [2.05, 4.69) is 10.2 Å². The molecule has 0 atom stereocenters. The maximum Gasteiger partial charge on any atom is 0.254 e. The van der Waals surface area contributed by atoms with Crippen LogP contribution in [-0.4, -0.2) is 37.0 Å². The van der Waals surface area contributed by atoms with Gasteiger partial charge >= 0.3 is 0 Å². The van der Waals surface area contributed by atoms with E-state index in [4.69, 9.17) is 4.42 Å². The van der Waals surface area contributed by atoms with Gasteiger partial charge in [0.05, 0.1) is 11.8 Å². The van der Waals surface area contributed by atoms with Crippen LogP contribution >= 0.6 is 0 Å². The topological polar surface area (TPSA) is 45.5 Å². The highest BCUT2D eigenvalue weighted by atomic mass is 16.3. The first-order chi connectivity index (χ1) is 9.81. The van der Waals surface area contributed by atoms with Crippen LogP contribution in [0.3, 0.4) is 0 Å². The van der Waals surface area contributed by atoms with Crippen LogP contribution in [0.1, 0.15) is 42.5 Å². The summed E-state index contributed by atoms with van der Waals surface area (Å²) in [5.41, 5.74) is 0.618. The molecular formula is C16H24N2O2. The van der Waals surface area contributed by atoms with Crippen LogP contribution in [0.2, 0.25) is 0 Å². The summed E-state index contributed by atoms with van der Waals surface area (Å²) in [5, 5.41) is 3.02. The lowest BCUT2D eigenvalue weighted by Crippen LogP contribution is -2.41. The summed E-state index contributed by atoms with van der Waals surface area (Å²) in [6, 6.07) is 1.70.